The minimum Gasteiger partial charge on any atom is -0.399 e. The minimum absolute atomic E-state index is 0.0677. The Hall–Kier alpha value is -0.590. The van der Waals surface area contributed by atoms with E-state index < -0.39 is 0 Å². The summed E-state index contributed by atoms with van der Waals surface area (Å²) in [6.45, 7) is 0.484. The highest BCUT2D eigenvalue weighted by Gasteiger charge is 2.06. The van der Waals surface area contributed by atoms with Crippen molar-refractivity contribution in [1.82, 2.24) is 4.57 Å². The molecule has 94 valence electrons. The van der Waals surface area contributed by atoms with Gasteiger partial charge >= 0.3 is 0 Å². The van der Waals surface area contributed by atoms with Gasteiger partial charge in [-0.2, -0.15) is 0 Å². The molecule has 3 nitrogen and oxygen atoms in total. The van der Waals surface area contributed by atoms with Crippen molar-refractivity contribution in [3.63, 3.8) is 0 Å². The highest BCUT2D eigenvalue weighted by molar-refractivity contribution is 9.11. The number of nitrogens with zero attached hydrogens (tertiary/aromatic N) is 1. The number of nitrogens with two attached hydrogens (primary N) is 1. The second-order valence-electron chi connectivity index (χ2n) is 3.79. The third-order valence-corrected chi connectivity index (χ3v) is 4.17. The molecule has 0 radical (unpaired) electrons. The molecule has 0 aliphatic heterocycles. The van der Waals surface area contributed by atoms with Gasteiger partial charge in [-0.3, -0.25) is 4.79 Å². The van der Waals surface area contributed by atoms with Crippen LogP contribution in [0.15, 0.2) is 48.7 Å². The molecular weight excluding hydrogens is 428 g/mol. The Morgan fingerprint density at radius 3 is 2.50 bits per heavy atom. The SMILES string of the molecule is Nc1ccc(Cn2cc(Br)cc(Br)c2=O)c(Br)c1. The third kappa shape index (κ3) is 3.05. The number of halogens is 3. The molecule has 0 spiro atoms. The zero-order chi connectivity index (χ0) is 13.3. The van der Waals surface area contributed by atoms with Crippen LogP contribution in [0.25, 0.3) is 0 Å². The van der Waals surface area contributed by atoms with Gasteiger partial charge in [0.15, 0.2) is 0 Å². The van der Waals surface area contributed by atoms with E-state index in [1.807, 2.05) is 18.2 Å². The maximum Gasteiger partial charge on any atom is 0.265 e. The van der Waals surface area contributed by atoms with Crippen LogP contribution in [-0.4, -0.2) is 4.57 Å². The number of rotatable bonds is 2. The van der Waals surface area contributed by atoms with Crippen LogP contribution < -0.4 is 11.3 Å². The topological polar surface area (TPSA) is 48.0 Å². The highest BCUT2D eigenvalue weighted by Crippen LogP contribution is 2.21. The molecule has 0 bridgehead atoms. The molecule has 0 unspecified atom stereocenters. The molecule has 2 rings (SSSR count). The van der Waals surface area contributed by atoms with Gasteiger partial charge in [-0.15, -0.1) is 0 Å². The van der Waals surface area contributed by atoms with Gasteiger partial charge in [-0.1, -0.05) is 22.0 Å². The number of nitrogen functional groups attached to an aromatic ring is 1. The molecule has 0 saturated carbocycles. The van der Waals surface area contributed by atoms with Gasteiger partial charge in [0.2, 0.25) is 0 Å². The summed E-state index contributed by atoms with van der Waals surface area (Å²) in [6, 6.07) is 7.28. The summed E-state index contributed by atoms with van der Waals surface area (Å²) < 4.78 is 3.90. The van der Waals surface area contributed by atoms with Crippen molar-refractivity contribution in [2.24, 2.45) is 0 Å². The first-order chi connectivity index (χ1) is 8.47. The molecule has 1 aromatic heterocycles. The first kappa shape index (κ1) is 13.8. The Kier molecular flexibility index (Phi) is 4.29. The van der Waals surface area contributed by atoms with Gasteiger partial charge in [0, 0.05) is 20.8 Å². The summed E-state index contributed by atoms with van der Waals surface area (Å²) in [6.07, 6.45) is 1.76. The molecule has 0 saturated heterocycles. The first-order valence-electron chi connectivity index (χ1n) is 5.07. The van der Waals surface area contributed by atoms with E-state index in [2.05, 4.69) is 47.8 Å². The van der Waals surface area contributed by atoms with Crippen molar-refractivity contribution < 1.29 is 0 Å². The lowest BCUT2D eigenvalue weighted by Gasteiger charge is -2.09. The second-order valence-corrected chi connectivity index (χ2v) is 6.41. The molecule has 1 aromatic carbocycles. The van der Waals surface area contributed by atoms with Crippen molar-refractivity contribution in [2.45, 2.75) is 6.54 Å². The van der Waals surface area contributed by atoms with Crippen molar-refractivity contribution in [3.8, 4) is 0 Å². The van der Waals surface area contributed by atoms with Crippen LogP contribution in [0.1, 0.15) is 5.56 Å². The monoisotopic (exact) mass is 434 g/mol. The van der Waals surface area contributed by atoms with Crippen LogP contribution >= 0.6 is 47.8 Å². The summed E-state index contributed by atoms with van der Waals surface area (Å²) in [5.41, 5.74) is 7.30. The standard InChI is InChI=1S/C12H9Br3N2O/c13-8-3-11(15)12(18)17(6-8)5-7-1-2-9(16)4-10(7)14/h1-4,6H,5,16H2. The van der Waals surface area contributed by atoms with Crippen LogP contribution in [0, 0.1) is 0 Å². The number of anilines is 1. The fourth-order valence-electron chi connectivity index (χ4n) is 1.56. The van der Waals surface area contributed by atoms with E-state index in [0.717, 1.165) is 14.5 Å². The van der Waals surface area contributed by atoms with Crippen molar-refractivity contribution in [1.29, 1.82) is 0 Å². The molecular formula is C12H9Br3N2O. The highest BCUT2D eigenvalue weighted by atomic mass is 79.9. The molecule has 0 aliphatic carbocycles. The van der Waals surface area contributed by atoms with E-state index in [4.69, 9.17) is 5.73 Å². The van der Waals surface area contributed by atoms with Gasteiger partial charge in [-0.25, -0.2) is 0 Å². The minimum atomic E-state index is -0.0677. The van der Waals surface area contributed by atoms with Crippen molar-refractivity contribution >= 4 is 53.5 Å². The van der Waals surface area contributed by atoms with Crippen LogP contribution in [0.5, 0.6) is 0 Å². The van der Waals surface area contributed by atoms with Crippen LogP contribution in [0.3, 0.4) is 0 Å². The average molecular weight is 437 g/mol. The van der Waals surface area contributed by atoms with Gasteiger partial charge in [-0.05, 0) is 55.6 Å². The number of benzene rings is 1. The quantitative estimate of drug-likeness (QED) is 0.728. The Bertz CT molecular complexity index is 652. The molecule has 6 heteroatoms. The van der Waals surface area contributed by atoms with E-state index in [9.17, 15) is 4.79 Å². The van der Waals surface area contributed by atoms with E-state index in [0.29, 0.717) is 16.7 Å². The number of hydrogen-bond acceptors (Lipinski definition) is 2. The first-order valence-corrected chi connectivity index (χ1v) is 7.44. The molecule has 18 heavy (non-hydrogen) atoms. The Morgan fingerprint density at radius 2 is 1.83 bits per heavy atom. The summed E-state index contributed by atoms with van der Waals surface area (Å²) >= 11 is 10.1. The maximum absolute atomic E-state index is 12.0. The summed E-state index contributed by atoms with van der Waals surface area (Å²) in [5, 5.41) is 0. The van der Waals surface area contributed by atoms with E-state index >= 15 is 0 Å². The number of pyridine rings is 1. The molecule has 0 aliphatic rings. The zero-order valence-electron chi connectivity index (χ0n) is 9.16. The number of aromatic nitrogens is 1. The van der Waals surface area contributed by atoms with E-state index in [-0.39, 0.29) is 5.56 Å². The molecule has 1 heterocycles. The normalized spacial score (nSPS) is 10.6. The Morgan fingerprint density at radius 1 is 1.11 bits per heavy atom. The smallest absolute Gasteiger partial charge is 0.265 e. The molecule has 0 fully saturated rings. The third-order valence-electron chi connectivity index (χ3n) is 2.43. The van der Waals surface area contributed by atoms with Gasteiger partial charge in [0.25, 0.3) is 5.56 Å². The van der Waals surface area contributed by atoms with Gasteiger partial charge < -0.3 is 10.3 Å². The lowest BCUT2D eigenvalue weighted by Crippen LogP contribution is -2.20. The largest absolute Gasteiger partial charge is 0.399 e. The number of hydrogen-bond donors (Lipinski definition) is 1. The predicted molar refractivity (Wildman–Crippen MR) is 83.8 cm³/mol. The second kappa shape index (κ2) is 5.59. The Balaban J connectivity index is 2.43. The fraction of sp³-hybridized carbons (Fsp3) is 0.0833. The summed E-state index contributed by atoms with van der Waals surface area (Å²) in [5.74, 6) is 0. The van der Waals surface area contributed by atoms with E-state index in [1.54, 1.807) is 16.8 Å². The molecule has 0 atom stereocenters. The van der Waals surface area contributed by atoms with Gasteiger partial charge in [0.05, 0.1) is 11.0 Å². The van der Waals surface area contributed by atoms with Crippen LogP contribution in [0.2, 0.25) is 0 Å². The lowest BCUT2D eigenvalue weighted by atomic mass is 10.2. The summed E-state index contributed by atoms with van der Waals surface area (Å²) in [7, 11) is 0. The Labute approximate surface area is 129 Å². The maximum atomic E-state index is 12.0. The van der Waals surface area contributed by atoms with Crippen molar-refractivity contribution in [2.75, 3.05) is 5.73 Å². The molecule has 2 aromatic rings. The van der Waals surface area contributed by atoms with Crippen LogP contribution in [0.4, 0.5) is 5.69 Å². The van der Waals surface area contributed by atoms with Crippen molar-refractivity contribution in [3.05, 3.63) is 59.8 Å². The van der Waals surface area contributed by atoms with Crippen LogP contribution in [-0.2, 0) is 6.54 Å². The summed E-state index contributed by atoms with van der Waals surface area (Å²) in [4.78, 5) is 12.0. The molecule has 2 N–H and O–H groups in total. The predicted octanol–water partition coefficient (Wildman–Crippen LogP) is 3.77. The lowest BCUT2D eigenvalue weighted by molar-refractivity contribution is 0.749. The molecule has 0 amide bonds. The average Bonchev–Trinajstić information content (AvgIpc) is 2.29. The fourth-order valence-corrected chi connectivity index (χ4v) is 3.34. The van der Waals surface area contributed by atoms with Gasteiger partial charge in [0.1, 0.15) is 0 Å². The zero-order valence-corrected chi connectivity index (χ0v) is 13.9. The van der Waals surface area contributed by atoms with E-state index in [1.165, 1.54) is 0 Å².